The van der Waals surface area contributed by atoms with E-state index < -0.39 is 11.3 Å². The lowest BCUT2D eigenvalue weighted by Crippen LogP contribution is -2.24. The van der Waals surface area contributed by atoms with E-state index in [0.29, 0.717) is 28.8 Å². The molecule has 3 N–H and O–H groups in total. The monoisotopic (exact) mass is 287 g/mol. The van der Waals surface area contributed by atoms with Crippen molar-refractivity contribution in [2.45, 2.75) is 19.8 Å². The third-order valence-electron chi connectivity index (χ3n) is 3.52. The van der Waals surface area contributed by atoms with Crippen LogP contribution in [0, 0.1) is 6.92 Å². The maximum absolute atomic E-state index is 12.6. The van der Waals surface area contributed by atoms with Crippen molar-refractivity contribution in [2.24, 2.45) is 0 Å². The van der Waals surface area contributed by atoms with Gasteiger partial charge in [-0.25, -0.2) is 4.52 Å². The van der Waals surface area contributed by atoms with Crippen LogP contribution in [0.15, 0.2) is 28.7 Å². The Hall–Kier alpha value is -2.83. The topological polar surface area (TPSA) is 104 Å². The van der Waals surface area contributed by atoms with Crippen LogP contribution in [0.2, 0.25) is 0 Å². The number of H-pyrrole nitrogens is 1. The molecule has 0 unspecified atom stereocenters. The number of hydrogen-bond acceptors (Lipinski definition) is 4. The van der Waals surface area contributed by atoms with Crippen molar-refractivity contribution < 1.29 is 14.7 Å². The van der Waals surface area contributed by atoms with Crippen molar-refractivity contribution >= 4 is 17.2 Å². The third kappa shape index (κ3) is 2.03. The quantitative estimate of drug-likeness (QED) is 0.704. The van der Waals surface area contributed by atoms with Gasteiger partial charge in [0.15, 0.2) is 11.5 Å². The largest absolute Gasteiger partial charge is 0.503 e. The molecule has 1 amide bonds. The van der Waals surface area contributed by atoms with Gasteiger partial charge in [0.05, 0.1) is 11.1 Å². The zero-order valence-electron chi connectivity index (χ0n) is 11.3. The highest BCUT2D eigenvalue weighted by Crippen LogP contribution is 2.22. The summed E-state index contributed by atoms with van der Waals surface area (Å²) >= 11 is 0. The van der Waals surface area contributed by atoms with Crippen molar-refractivity contribution in [3.63, 3.8) is 0 Å². The van der Waals surface area contributed by atoms with Crippen molar-refractivity contribution in [1.29, 1.82) is 0 Å². The van der Waals surface area contributed by atoms with E-state index in [0.717, 1.165) is 4.52 Å². The van der Waals surface area contributed by atoms with Gasteiger partial charge in [-0.1, -0.05) is 0 Å². The molecule has 0 fully saturated rings. The molecule has 21 heavy (non-hydrogen) atoms. The highest BCUT2D eigenvalue weighted by atomic mass is 16.3. The summed E-state index contributed by atoms with van der Waals surface area (Å²) < 4.78 is 1.14. The van der Waals surface area contributed by atoms with Gasteiger partial charge in [-0.15, -0.1) is 0 Å². The van der Waals surface area contributed by atoms with E-state index in [2.05, 4.69) is 10.4 Å². The summed E-state index contributed by atoms with van der Waals surface area (Å²) in [5.74, 6) is -0.753. The molecule has 0 saturated carbocycles. The fourth-order valence-corrected chi connectivity index (χ4v) is 2.44. The number of pyridine rings is 1. The summed E-state index contributed by atoms with van der Waals surface area (Å²) in [5, 5.41) is 14.7. The summed E-state index contributed by atoms with van der Waals surface area (Å²) in [6, 6.07) is 2.77. The minimum Gasteiger partial charge on any atom is -0.503 e. The first-order valence-corrected chi connectivity index (χ1v) is 6.45. The molecule has 0 aromatic carbocycles. The lowest BCUT2D eigenvalue weighted by Gasteiger charge is -2.12. The molecule has 7 heteroatoms. The van der Waals surface area contributed by atoms with Gasteiger partial charge in [-0.05, 0) is 25.5 Å². The van der Waals surface area contributed by atoms with Crippen LogP contribution in [0.25, 0.3) is 5.52 Å². The van der Waals surface area contributed by atoms with Gasteiger partial charge >= 0.3 is 5.56 Å². The Kier molecular flexibility index (Phi) is 2.90. The average Bonchev–Trinajstić information content (AvgIpc) is 2.80. The molecule has 7 nitrogen and oxygen atoms in total. The van der Waals surface area contributed by atoms with Gasteiger partial charge in [0.25, 0.3) is 0 Å². The maximum atomic E-state index is 12.6. The lowest BCUT2D eigenvalue weighted by atomic mass is 9.97. The van der Waals surface area contributed by atoms with E-state index in [1.807, 2.05) is 0 Å². The number of Topliss-reactive ketones (excluding diaryl/α,β-unsaturated/α-hetero) is 1. The molecular formula is C14H13N3O4. The number of carbonyl (C=O) groups excluding carboxylic acids is 2. The zero-order chi connectivity index (χ0) is 15.1. The Bertz CT molecular complexity index is 857. The number of amides is 1. The summed E-state index contributed by atoms with van der Waals surface area (Å²) in [5.41, 5.74) is 1.17. The molecular weight excluding hydrogens is 274 g/mol. The van der Waals surface area contributed by atoms with E-state index in [9.17, 15) is 19.5 Å². The van der Waals surface area contributed by atoms with Gasteiger partial charge in [0.1, 0.15) is 0 Å². The predicted molar refractivity (Wildman–Crippen MR) is 74.2 cm³/mol. The summed E-state index contributed by atoms with van der Waals surface area (Å²) in [6.07, 6.45) is 2.04. The van der Waals surface area contributed by atoms with Crippen LogP contribution >= 0.6 is 0 Å². The highest BCUT2D eigenvalue weighted by Gasteiger charge is 2.23. The summed E-state index contributed by atoms with van der Waals surface area (Å²) in [7, 11) is 0. The molecule has 0 radical (unpaired) electrons. The molecule has 108 valence electrons. The number of aromatic amines is 1. The number of aromatic hydroxyl groups is 1. The molecule has 1 aliphatic heterocycles. The second kappa shape index (κ2) is 4.62. The van der Waals surface area contributed by atoms with Crippen LogP contribution in [-0.4, -0.2) is 26.4 Å². The molecule has 3 heterocycles. The zero-order valence-corrected chi connectivity index (χ0v) is 11.3. The number of carbonyl (C=O) groups is 2. The van der Waals surface area contributed by atoms with Crippen LogP contribution in [0.5, 0.6) is 5.75 Å². The number of allylic oxidation sites excluding steroid dienone is 1. The van der Waals surface area contributed by atoms with Gasteiger partial charge in [0.2, 0.25) is 5.91 Å². The fraction of sp³-hybridized carbons (Fsp3) is 0.214. The molecule has 0 saturated heterocycles. The molecule has 2 aromatic heterocycles. The number of aromatic nitrogens is 2. The van der Waals surface area contributed by atoms with E-state index >= 15 is 0 Å². The van der Waals surface area contributed by atoms with Crippen LogP contribution in [0.3, 0.4) is 0 Å². The summed E-state index contributed by atoms with van der Waals surface area (Å²) in [6.45, 7) is 1.68. The van der Waals surface area contributed by atoms with Gasteiger partial charge in [0, 0.05) is 23.9 Å². The highest BCUT2D eigenvalue weighted by molar-refractivity contribution is 6.14. The molecule has 2 aromatic rings. The molecule has 0 spiro atoms. The maximum Gasteiger partial charge on any atom is 0.311 e. The predicted octanol–water partition coefficient (Wildman–Crippen LogP) is 0.618. The van der Waals surface area contributed by atoms with E-state index in [4.69, 9.17) is 0 Å². The second-order valence-corrected chi connectivity index (χ2v) is 4.92. The number of nitrogens with zero attached hydrogens (tertiary/aromatic N) is 1. The van der Waals surface area contributed by atoms with Gasteiger partial charge in [-0.3, -0.25) is 19.5 Å². The van der Waals surface area contributed by atoms with E-state index in [1.165, 1.54) is 18.3 Å². The van der Waals surface area contributed by atoms with Crippen molar-refractivity contribution in [3.8, 4) is 5.75 Å². The van der Waals surface area contributed by atoms with Crippen LogP contribution in [-0.2, 0) is 4.79 Å². The first-order valence-electron chi connectivity index (χ1n) is 6.45. The number of hydrogen-bond donors (Lipinski definition) is 3. The standard InChI is InChI=1S/C14H13N3O4/c1-7-12(13(20)8-2-5-11(19)15-6-8)9-3-4-10(18)14(21)17(9)16-7/h3-4,6,16,18H,2,5H2,1H3,(H,15,19). The lowest BCUT2D eigenvalue weighted by molar-refractivity contribution is -0.120. The summed E-state index contributed by atoms with van der Waals surface area (Å²) in [4.78, 5) is 35.5. The molecule has 3 rings (SSSR count). The average molecular weight is 287 g/mol. The SMILES string of the molecule is Cc1[nH]n2c(=O)c(O)ccc2c1C(=O)C1=CNC(=O)CC1. The Balaban J connectivity index is 2.15. The third-order valence-corrected chi connectivity index (χ3v) is 3.52. The molecule has 0 bridgehead atoms. The minimum atomic E-state index is -0.611. The minimum absolute atomic E-state index is 0.122. The van der Waals surface area contributed by atoms with E-state index in [1.54, 1.807) is 6.92 Å². The first kappa shape index (κ1) is 13.2. The molecule has 1 aliphatic rings. The van der Waals surface area contributed by atoms with Crippen molar-refractivity contribution in [3.05, 3.63) is 45.5 Å². The Labute approximate surface area is 118 Å². The van der Waals surface area contributed by atoms with Gasteiger partial charge < -0.3 is 10.4 Å². The number of nitrogens with one attached hydrogen (secondary N) is 2. The second-order valence-electron chi connectivity index (χ2n) is 4.92. The smallest absolute Gasteiger partial charge is 0.311 e. The first-order chi connectivity index (χ1) is 9.99. The number of aryl methyl sites for hydroxylation is 1. The number of ketones is 1. The number of fused-ring (bicyclic) bond motifs is 1. The van der Waals surface area contributed by atoms with Gasteiger partial charge in [-0.2, -0.15) is 0 Å². The Morgan fingerprint density at radius 1 is 1.29 bits per heavy atom. The van der Waals surface area contributed by atoms with Crippen LogP contribution < -0.4 is 10.9 Å². The van der Waals surface area contributed by atoms with Crippen LogP contribution in [0.1, 0.15) is 28.9 Å². The number of rotatable bonds is 2. The Morgan fingerprint density at radius 3 is 2.71 bits per heavy atom. The Morgan fingerprint density at radius 2 is 2.05 bits per heavy atom. The van der Waals surface area contributed by atoms with Crippen molar-refractivity contribution in [2.75, 3.05) is 0 Å². The normalized spacial score (nSPS) is 14.9. The van der Waals surface area contributed by atoms with E-state index in [-0.39, 0.29) is 18.1 Å². The molecule has 0 aliphatic carbocycles. The fourth-order valence-electron chi connectivity index (χ4n) is 2.44. The molecule has 0 atom stereocenters. The van der Waals surface area contributed by atoms with Crippen LogP contribution in [0.4, 0.5) is 0 Å². The van der Waals surface area contributed by atoms with Crippen molar-refractivity contribution in [1.82, 2.24) is 14.9 Å².